The summed E-state index contributed by atoms with van der Waals surface area (Å²) in [6.45, 7) is 0. The number of nitrogens with zero attached hydrogens (tertiary/aromatic N) is 1. The summed E-state index contributed by atoms with van der Waals surface area (Å²) in [7, 11) is 0. The van der Waals surface area contributed by atoms with Gasteiger partial charge in [0.15, 0.2) is 0 Å². The molecular weight excluding hydrogens is 210 g/mol. The van der Waals surface area contributed by atoms with Crippen molar-refractivity contribution in [2.45, 2.75) is 0 Å². The van der Waals surface area contributed by atoms with Crippen molar-refractivity contribution in [3.8, 4) is 0 Å². The minimum Gasteiger partial charge on any atom is -0.399 e. The van der Waals surface area contributed by atoms with Crippen LogP contribution in [0.25, 0.3) is 0 Å². The average molecular weight is 219 g/mol. The van der Waals surface area contributed by atoms with Gasteiger partial charge in [0.05, 0.1) is 5.51 Å². The van der Waals surface area contributed by atoms with Gasteiger partial charge in [0.25, 0.3) is 5.91 Å². The van der Waals surface area contributed by atoms with Crippen LogP contribution in [0.3, 0.4) is 0 Å². The van der Waals surface area contributed by atoms with Crippen LogP contribution in [0.5, 0.6) is 0 Å². The first kappa shape index (κ1) is 9.67. The molecule has 5 heteroatoms. The zero-order valence-electron chi connectivity index (χ0n) is 7.81. The maximum absolute atomic E-state index is 11.6. The molecule has 0 radical (unpaired) electrons. The van der Waals surface area contributed by atoms with Crippen molar-refractivity contribution >= 4 is 28.6 Å². The largest absolute Gasteiger partial charge is 0.399 e. The fraction of sp³-hybridized carbons (Fsp3) is 0. The Hall–Kier alpha value is -1.88. The molecule has 0 aliphatic carbocycles. The molecule has 1 heterocycles. The summed E-state index contributed by atoms with van der Waals surface area (Å²) in [6, 6.07) is 7.02. The van der Waals surface area contributed by atoms with Crippen molar-refractivity contribution in [3.63, 3.8) is 0 Å². The van der Waals surface area contributed by atoms with Crippen LogP contribution in [0.15, 0.2) is 35.2 Å². The number of carbonyl (C=O) groups is 1. The van der Waals surface area contributed by atoms with E-state index < -0.39 is 0 Å². The SMILES string of the molecule is Nc1cccc(NC(=O)c2cscn2)c1. The van der Waals surface area contributed by atoms with E-state index in [0.29, 0.717) is 17.1 Å². The lowest BCUT2D eigenvalue weighted by Gasteiger charge is -2.03. The Bertz CT molecular complexity index is 467. The van der Waals surface area contributed by atoms with Gasteiger partial charge >= 0.3 is 0 Å². The number of nitrogens with two attached hydrogens (primary N) is 1. The summed E-state index contributed by atoms with van der Waals surface area (Å²) < 4.78 is 0. The number of anilines is 2. The Labute approximate surface area is 90.8 Å². The topological polar surface area (TPSA) is 68.0 Å². The van der Waals surface area contributed by atoms with Gasteiger partial charge in [-0.3, -0.25) is 4.79 Å². The third-order valence-electron chi connectivity index (χ3n) is 1.81. The van der Waals surface area contributed by atoms with Crippen LogP contribution in [0.2, 0.25) is 0 Å². The molecule has 0 fully saturated rings. The molecule has 0 bridgehead atoms. The second kappa shape index (κ2) is 4.10. The normalized spacial score (nSPS) is 9.87. The van der Waals surface area contributed by atoms with Gasteiger partial charge < -0.3 is 11.1 Å². The molecule has 0 saturated carbocycles. The molecule has 76 valence electrons. The van der Waals surface area contributed by atoms with E-state index in [-0.39, 0.29) is 5.91 Å². The standard InChI is InChI=1S/C10H9N3OS/c11-7-2-1-3-8(4-7)13-10(14)9-5-15-6-12-9/h1-6H,11H2,(H,13,14). The minimum atomic E-state index is -0.221. The Morgan fingerprint density at radius 3 is 3.00 bits per heavy atom. The summed E-state index contributed by atoms with van der Waals surface area (Å²) in [5.74, 6) is -0.221. The van der Waals surface area contributed by atoms with Crippen LogP contribution in [0.4, 0.5) is 11.4 Å². The van der Waals surface area contributed by atoms with Crippen LogP contribution in [0.1, 0.15) is 10.5 Å². The highest BCUT2D eigenvalue weighted by atomic mass is 32.1. The molecular formula is C10H9N3OS. The number of carbonyl (C=O) groups excluding carboxylic acids is 1. The summed E-state index contributed by atoms with van der Waals surface area (Å²) in [5.41, 5.74) is 8.92. The molecule has 0 atom stereocenters. The van der Waals surface area contributed by atoms with E-state index in [1.165, 1.54) is 11.3 Å². The Morgan fingerprint density at radius 2 is 2.33 bits per heavy atom. The zero-order valence-corrected chi connectivity index (χ0v) is 8.62. The summed E-state index contributed by atoms with van der Waals surface area (Å²) >= 11 is 1.38. The Morgan fingerprint density at radius 1 is 1.47 bits per heavy atom. The molecule has 0 saturated heterocycles. The third kappa shape index (κ3) is 2.32. The predicted molar refractivity (Wildman–Crippen MR) is 60.9 cm³/mol. The summed E-state index contributed by atoms with van der Waals surface area (Å²) in [5, 5.41) is 4.41. The van der Waals surface area contributed by atoms with Crippen molar-refractivity contribution in [1.82, 2.24) is 4.98 Å². The highest BCUT2D eigenvalue weighted by Crippen LogP contribution is 2.13. The van der Waals surface area contributed by atoms with Gasteiger partial charge in [0.1, 0.15) is 5.69 Å². The number of rotatable bonds is 2. The maximum atomic E-state index is 11.6. The van der Waals surface area contributed by atoms with Crippen LogP contribution >= 0.6 is 11.3 Å². The molecule has 4 nitrogen and oxygen atoms in total. The number of nitrogen functional groups attached to an aromatic ring is 1. The molecule has 0 aliphatic heterocycles. The van der Waals surface area contributed by atoms with Crippen molar-refractivity contribution < 1.29 is 4.79 Å². The first-order valence-corrected chi connectivity index (χ1v) is 5.25. The number of amides is 1. The minimum absolute atomic E-state index is 0.221. The zero-order chi connectivity index (χ0) is 10.7. The van der Waals surface area contributed by atoms with Gasteiger partial charge in [-0.2, -0.15) is 0 Å². The molecule has 2 aromatic rings. The maximum Gasteiger partial charge on any atom is 0.275 e. The molecule has 0 aliphatic rings. The second-order valence-corrected chi connectivity index (χ2v) is 3.67. The van der Waals surface area contributed by atoms with Gasteiger partial charge in [-0.15, -0.1) is 11.3 Å². The lowest BCUT2D eigenvalue weighted by Crippen LogP contribution is -2.12. The highest BCUT2D eigenvalue weighted by Gasteiger charge is 2.07. The number of thiazole rings is 1. The van der Waals surface area contributed by atoms with Crippen LogP contribution in [-0.2, 0) is 0 Å². The van der Waals surface area contributed by atoms with Crippen molar-refractivity contribution in [2.24, 2.45) is 0 Å². The Balaban J connectivity index is 2.13. The van der Waals surface area contributed by atoms with E-state index in [9.17, 15) is 4.79 Å². The molecule has 2 rings (SSSR count). The molecule has 15 heavy (non-hydrogen) atoms. The molecule has 3 N–H and O–H groups in total. The lowest BCUT2D eigenvalue weighted by molar-refractivity contribution is 0.102. The summed E-state index contributed by atoms with van der Waals surface area (Å²) in [4.78, 5) is 15.5. The van der Waals surface area contributed by atoms with Crippen LogP contribution < -0.4 is 11.1 Å². The number of aromatic nitrogens is 1. The molecule has 0 unspecified atom stereocenters. The van der Waals surface area contributed by atoms with E-state index in [4.69, 9.17) is 5.73 Å². The molecule has 1 amide bonds. The van der Waals surface area contributed by atoms with Gasteiger partial charge in [0, 0.05) is 16.8 Å². The number of nitrogens with one attached hydrogen (secondary N) is 1. The van der Waals surface area contributed by atoms with Crippen LogP contribution in [0, 0.1) is 0 Å². The molecule has 1 aromatic carbocycles. The fourth-order valence-corrected chi connectivity index (χ4v) is 1.67. The predicted octanol–water partition coefficient (Wildman–Crippen LogP) is 1.98. The van der Waals surface area contributed by atoms with Crippen molar-refractivity contribution in [1.29, 1.82) is 0 Å². The highest BCUT2D eigenvalue weighted by molar-refractivity contribution is 7.07. The fourth-order valence-electron chi connectivity index (χ4n) is 1.14. The second-order valence-electron chi connectivity index (χ2n) is 2.95. The smallest absolute Gasteiger partial charge is 0.275 e. The van der Waals surface area contributed by atoms with Crippen LogP contribution in [-0.4, -0.2) is 10.9 Å². The quantitative estimate of drug-likeness (QED) is 0.759. The average Bonchev–Trinajstić information content (AvgIpc) is 2.70. The van der Waals surface area contributed by atoms with E-state index >= 15 is 0 Å². The van der Waals surface area contributed by atoms with E-state index in [2.05, 4.69) is 10.3 Å². The first-order valence-electron chi connectivity index (χ1n) is 4.31. The molecule has 1 aromatic heterocycles. The lowest BCUT2D eigenvalue weighted by atomic mass is 10.3. The molecule has 0 spiro atoms. The van der Waals surface area contributed by atoms with Crippen molar-refractivity contribution in [2.75, 3.05) is 11.1 Å². The Kier molecular flexibility index (Phi) is 2.64. The van der Waals surface area contributed by atoms with Gasteiger partial charge in [-0.1, -0.05) is 6.07 Å². The van der Waals surface area contributed by atoms with Crippen molar-refractivity contribution in [3.05, 3.63) is 40.8 Å². The van der Waals surface area contributed by atoms with E-state index in [1.807, 2.05) is 0 Å². The summed E-state index contributed by atoms with van der Waals surface area (Å²) in [6.07, 6.45) is 0. The van der Waals surface area contributed by atoms with Gasteiger partial charge in [-0.25, -0.2) is 4.98 Å². The number of hydrogen-bond acceptors (Lipinski definition) is 4. The van der Waals surface area contributed by atoms with Gasteiger partial charge in [-0.05, 0) is 18.2 Å². The van der Waals surface area contributed by atoms with E-state index in [1.54, 1.807) is 35.2 Å². The number of hydrogen-bond donors (Lipinski definition) is 2. The monoisotopic (exact) mass is 219 g/mol. The first-order chi connectivity index (χ1) is 7.25. The third-order valence-corrected chi connectivity index (χ3v) is 2.40. The van der Waals surface area contributed by atoms with E-state index in [0.717, 1.165) is 0 Å². The number of benzene rings is 1. The van der Waals surface area contributed by atoms with Gasteiger partial charge in [0.2, 0.25) is 0 Å².